The van der Waals surface area contributed by atoms with Crippen molar-refractivity contribution in [2.24, 2.45) is 0 Å². The van der Waals surface area contributed by atoms with Gasteiger partial charge in [-0.05, 0) is 75.3 Å². The van der Waals surface area contributed by atoms with Crippen LogP contribution in [0.2, 0.25) is 0 Å². The summed E-state index contributed by atoms with van der Waals surface area (Å²) < 4.78 is 2.39. The number of nitrogens with one attached hydrogen (secondary N) is 1. The molecular formula is C11H13Br2N. The lowest BCUT2D eigenvalue weighted by atomic mass is 9.90. The Balaban J connectivity index is 2.26. The Morgan fingerprint density at radius 3 is 2.57 bits per heavy atom. The van der Waals surface area contributed by atoms with E-state index in [1.54, 1.807) is 0 Å². The first-order valence-electron chi connectivity index (χ1n) is 4.93. The second-order valence-electron chi connectivity index (χ2n) is 3.67. The molecule has 76 valence electrons. The molecule has 0 bridgehead atoms. The molecule has 1 aromatic rings. The van der Waals surface area contributed by atoms with Gasteiger partial charge in [-0.3, -0.25) is 0 Å². The Bertz CT molecular complexity index is 319. The van der Waals surface area contributed by atoms with Gasteiger partial charge >= 0.3 is 0 Å². The molecule has 3 heteroatoms. The van der Waals surface area contributed by atoms with Crippen LogP contribution in [0.15, 0.2) is 27.1 Å². The summed E-state index contributed by atoms with van der Waals surface area (Å²) in [5.74, 6) is 0.711. The molecule has 1 saturated heterocycles. The average molecular weight is 319 g/mol. The van der Waals surface area contributed by atoms with Crippen molar-refractivity contribution in [2.75, 3.05) is 13.1 Å². The Morgan fingerprint density at radius 1 is 1.14 bits per heavy atom. The SMILES string of the molecule is Brc1cccc(C2CCNCC2)c1Br. The zero-order valence-electron chi connectivity index (χ0n) is 7.89. The van der Waals surface area contributed by atoms with Gasteiger partial charge < -0.3 is 5.32 Å². The van der Waals surface area contributed by atoms with Crippen molar-refractivity contribution in [1.29, 1.82) is 0 Å². The molecule has 14 heavy (non-hydrogen) atoms. The summed E-state index contributed by atoms with van der Waals surface area (Å²) in [5.41, 5.74) is 1.45. The van der Waals surface area contributed by atoms with Gasteiger partial charge in [-0.25, -0.2) is 0 Å². The fourth-order valence-electron chi connectivity index (χ4n) is 1.97. The molecule has 1 aromatic carbocycles. The fraction of sp³-hybridized carbons (Fsp3) is 0.455. The molecule has 1 N–H and O–H groups in total. The van der Waals surface area contributed by atoms with Gasteiger partial charge in [-0.2, -0.15) is 0 Å². The molecule has 1 aliphatic heterocycles. The summed E-state index contributed by atoms with van der Waals surface area (Å²) in [7, 11) is 0. The van der Waals surface area contributed by atoms with Gasteiger partial charge in [0.15, 0.2) is 0 Å². The number of rotatable bonds is 1. The van der Waals surface area contributed by atoms with Gasteiger partial charge in [0.2, 0.25) is 0 Å². The molecule has 1 fully saturated rings. The lowest BCUT2D eigenvalue weighted by molar-refractivity contribution is 0.459. The molecule has 1 nitrogen and oxygen atoms in total. The van der Waals surface area contributed by atoms with Crippen LogP contribution < -0.4 is 5.32 Å². The first kappa shape index (κ1) is 10.7. The van der Waals surface area contributed by atoms with E-state index in [0.29, 0.717) is 5.92 Å². The van der Waals surface area contributed by atoms with Crippen molar-refractivity contribution in [2.45, 2.75) is 18.8 Å². The van der Waals surface area contributed by atoms with Crippen molar-refractivity contribution in [3.63, 3.8) is 0 Å². The summed E-state index contributed by atoms with van der Waals surface area (Å²) >= 11 is 7.20. The van der Waals surface area contributed by atoms with Crippen LogP contribution in [0.25, 0.3) is 0 Å². The minimum Gasteiger partial charge on any atom is -0.317 e. The molecule has 1 heterocycles. The highest BCUT2D eigenvalue weighted by Gasteiger charge is 2.17. The van der Waals surface area contributed by atoms with E-state index >= 15 is 0 Å². The molecule has 0 saturated carbocycles. The van der Waals surface area contributed by atoms with Gasteiger partial charge in [0.05, 0.1) is 0 Å². The van der Waals surface area contributed by atoms with E-state index in [0.717, 1.165) is 17.6 Å². The van der Waals surface area contributed by atoms with Crippen LogP contribution >= 0.6 is 31.9 Å². The highest BCUT2D eigenvalue weighted by Crippen LogP contribution is 2.35. The first-order valence-corrected chi connectivity index (χ1v) is 6.52. The molecule has 0 atom stereocenters. The topological polar surface area (TPSA) is 12.0 Å². The predicted octanol–water partition coefficient (Wildman–Crippen LogP) is 3.68. The Kier molecular flexibility index (Phi) is 3.63. The Hall–Kier alpha value is 0.140. The van der Waals surface area contributed by atoms with E-state index in [1.807, 2.05) is 0 Å². The highest BCUT2D eigenvalue weighted by atomic mass is 79.9. The third kappa shape index (κ3) is 2.20. The molecular weight excluding hydrogens is 306 g/mol. The summed E-state index contributed by atoms with van der Waals surface area (Å²) in [4.78, 5) is 0. The van der Waals surface area contributed by atoms with Crippen molar-refractivity contribution in [3.8, 4) is 0 Å². The van der Waals surface area contributed by atoms with Crippen LogP contribution in [0, 0.1) is 0 Å². The molecule has 0 aliphatic carbocycles. The zero-order chi connectivity index (χ0) is 9.97. The van der Waals surface area contributed by atoms with E-state index in [-0.39, 0.29) is 0 Å². The second-order valence-corrected chi connectivity index (χ2v) is 5.31. The van der Waals surface area contributed by atoms with E-state index in [9.17, 15) is 0 Å². The van der Waals surface area contributed by atoms with Gasteiger partial charge in [-0.1, -0.05) is 12.1 Å². The second kappa shape index (κ2) is 4.77. The first-order chi connectivity index (χ1) is 6.79. The van der Waals surface area contributed by atoms with E-state index in [1.165, 1.54) is 22.9 Å². The minimum absolute atomic E-state index is 0.711. The Labute approximate surface area is 102 Å². The fourth-order valence-corrected chi connectivity index (χ4v) is 2.94. The number of benzene rings is 1. The lowest BCUT2D eigenvalue weighted by Crippen LogP contribution is -2.26. The van der Waals surface area contributed by atoms with E-state index in [4.69, 9.17) is 0 Å². The standard InChI is InChI=1S/C11H13Br2N/c12-10-3-1-2-9(11(10)13)8-4-6-14-7-5-8/h1-3,8,14H,4-7H2. The Morgan fingerprint density at radius 2 is 1.86 bits per heavy atom. The molecule has 0 spiro atoms. The predicted molar refractivity (Wildman–Crippen MR) is 66.7 cm³/mol. The highest BCUT2D eigenvalue weighted by molar-refractivity contribution is 9.13. The normalized spacial score (nSPS) is 18.4. The number of piperidine rings is 1. The monoisotopic (exact) mass is 317 g/mol. The smallest absolute Gasteiger partial charge is 0.0352 e. The molecule has 1 aliphatic rings. The summed E-state index contributed by atoms with van der Waals surface area (Å²) in [6.45, 7) is 2.28. The number of hydrogen-bond acceptors (Lipinski definition) is 1. The largest absolute Gasteiger partial charge is 0.317 e. The molecule has 0 aromatic heterocycles. The zero-order valence-corrected chi connectivity index (χ0v) is 11.1. The third-order valence-corrected chi connectivity index (χ3v) is 4.84. The molecule has 0 unspecified atom stereocenters. The van der Waals surface area contributed by atoms with E-state index in [2.05, 4.69) is 55.4 Å². The van der Waals surface area contributed by atoms with Crippen LogP contribution in [0.4, 0.5) is 0 Å². The quantitative estimate of drug-likeness (QED) is 0.833. The van der Waals surface area contributed by atoms with Gasteiger partial charge in [0.25, 0.3) is 0 Å². The van der Waals surface area contributed by atoms with Crippen LogP contribution in [0.3, 0.4) is 0 Å². The van der Waals surface area contributed by atoms with Crippen LogP contribution in [-0.4, -0.2) is 13.1 Å². The maximum Gasteiger partial charge on any atom is 0.0352 e. The van der Waals surface area contributed by atoms with Crippen LogP contribution in [0.1, 0.15) is 24.3 Å². The number of hydrogen-bond donors (Lipinski definition) is 1. The van der Waals surface area contributed by atoms with Crippen molar-refractivity contribution in [1.82, 2.24) is 5.32 Å². The van der Waals surface area contributed by atoms with Gasteiger partial charge in [0.1, 0.15) is 0 Å². The number of halogens is 2. The van der Waals surface area contributed by atoms with Gasteiger partial charge in [0, 0.05) is 8.95 Å². The third-order valence-electron chi connectivity index (χ3n) is 2.76. The summed E-state index contributed by atoms with van der Waals surface area (Å²) in [5, 5.41) is 3.39. The maximum atomic E-state index is 3.65. The lowest BCUT2D eigenvalue weighted by Gasteiger charge is -2.24. The van der Waals surface area contributed by atoms with Crippen LogP contribution in [-0.2, 0) is 0 Å². The minimum atomic E-state index is 0.711. The van der Waals surface area contributed by atoms with Crippen molar-refractivity contribution in [3.05, 3.63) is 32.7 Å². The molecule has 0 radical (unpaired) electrons. The van der Waals surface area contributed by atoms with E-state index < -0.39 is 0 Å². The average Bonchev–Trinajstić information content (AvgIpc) is 2.23. The van der Waals surface area contributed by atoms with Gasteiger partial charge in [-0.15, -0.1) is 0 Å². The summed E-state index contributed by atoms with van der Waals surface area (Å²) in [6, 6.07) is 6.42. The van der Waals surface area contributed by atoms with Crippen molar-refractivity contribution >= 4 is 31.9 Å². The summed E-state index contributed by atoms with van der Waals surface area (Å²) in [6.07, 6.45) is 2.49. The van der Waals surface area contributed by atoms with Crippen LogP contribution in [0.5, 0.6) is 0 Å². The molecule has 2 rings (SSSR count). The molecule has 0 amide bonds. The van der Waals surface area contributed by atoms with Crippen molar-refractivity contribution < 1.29 is 0 Å². The maximum absolute atomic E-state index is 3.65.